The number of hydrogen-bond acceptors (Lipinski definition) is 3. The van der Waals surface area contributed by atoms with E-state index in [2.05, 4.69) is 0 Å². The van der Waals surface area contributed by atoms with Gasteiger partial charge in [0.15, 0.2) is 0 Å². The third-order valence-electron chi connectivity index (χ3n) is 3.61. The van der Waals surface area contributed by atoms with E-state index in [1.807, 2.05) is 6.92 Å². The first-order valence-corrected chi connectivity index (χ1v) is 6.19. The highest BCUT2D eigenvalue weighted by atomic mass is 16.5. The van der Waals surface area contributed by atoms with Crippen LogP contribution in [0.15, 0.2) is 18.2 Å². The van der Waals surface area contributed by atoms with Crippen molar-refractivity contribution in [2.24, 2.45) is 0 Å². The van der Waals surface area contributed by atoms with Crippen molar-refractivity contribution >= 4 is 5.91 Å². The van der Waals surface area contributed by atoms with E-state index in [4.69, 9.17) is 4.74 Å². The molecule has 0 saturated carbocycles. The summed E-state index contributed by atoms with van der Waals surface area (Å²) in [5.74, 6) is 0.0811. The first kappa shape index (κ1) is 12.9. The van der Waals surface area contributed by atoms with E-state index in [1.165, 1.54) is 6.07 Å². The van der Waals surface area contributed by atoms with Crippen LogP contribution in [0.3, 0.4) is 0 Å². The topological polar surface area (TPSA) is 49.8 Å². The Morgan fingerprint density at radius 1 is 1.50 bits per heavy atom. The Morgan fingerprint density at radius 2 is 2.22 bits per heavy atom. The Hall–Kier alpha value is -1.55. The third kappa shape index (κ3) is 2.34. The molecule has 0 bridgehead atoms. The molecule has 0 aliphatic carbocycles. The average molecular weight is 249 g/mol. The molecule has 1 aliphatic rings. The number of rotatable bonds is 2. The number of nitrogens with zero attached hydrogens (tertiary/aromatic N) is 1. The Morgan fingerprint density at radius 3 is 2.78 bits per heavy atom. The maximum absolute atomic E-state index is 12.3. The zero-order valence-corrected chi connectivity index (χ0v) is 11.0. The van der Waals surface area contributed by atoms with Crippen molar-refractivity contribution in [3.05, 3.63) is 29.3 Å². The number of phenolic OH excluding ortho intramolecular Hbond substituents is 1. The molecule has 98 valence electrons. The van der Waals surface area contributed by atoms with Crippen molar-refractivity contribution in [3.63, 3.8) is 0 Å². The van der Waals surface area contributed by atoms with E-state index in [9.17, 15) is 9.90 Å². The van der Waals surface area contributed by atoms with Gasteiger partial charge in [-0.1, -0.05) is 6.07 Å². The summed E-state index contributed by atoms with van der Waals surface area (Å²) in [7, 11) is 1.79. The number of hydrogen-bond donors (Lipinski definition) is 1. The molecule has 18 heavy (non-hydrogen) atoms. The van der Waals surface area contributed by atoms with Gasteiger partial charge in [0.2, 0.25) is 0 Å². The quantitative estimate of drug-likeness (QED) is 0.871. The normalized spacial score (nSPS) is 23.1. The molecule has 1 fully saturated rings. The summed E-state index contributed by atoms with van der Waals surface area (Å²) in [6.07, 6.45) is 0.930. The maximum atomic E-state index is 12.3. The second kappa shape index (κ2) is 4.98. The van der Waals surface area contributed by atoms with Gasteiger partial charge in [0.1, 0.15) is 5.75 Å². The van der Waals surface area contributed by atoms with Gasteiger partial charge < -0.3 is 14.7 Å². The molecule has 2 unspecified atom stereocenters. The van der Waals surface area contributed by atoms with Crippen LogP contribution in [0, 0.1) is 6.92 Å². The summed E-state index contributed by atoms with van der Waals surface area (Å²) in [6.45, 7) is 4.48. The number of aryl methyl sites for hydroxylation is 1. The highest BCUT2D eigenvalue weighted by molar-refractivity contribution is 5.94. The fourth-order valence-electron chi connectivity index (χ4n) is 2.33. The van der Waals surface area contributed by atoms with Gasteiger partial charge in [0.25, 0.3) is 5.91 Å². The molecule has 4 nitrogen and oxygen atoms in total. The molecule has 1 aromatic rings. The van der Waals surface area contributed by atoms with Gasteiger partial charge in [-0.05, 0) is 38.0 Å². The molecule has 2 atom stereocenters. The van der Waals surface area contributed by atoms with Gasteiger partial charge >= 0.3 is 0 Å². The van der Waals surface area contributed by atoms with Crippen LogP contribution in [0.1, 0.15) is 29.3 Å². The molecule has 1 saturated heterocycles. The molecular formula is C14H19NO3. The van der Waals surface area contributed by atoms with Crippen LogP contribution < -0.4 is 0 Å². The van der Waals surface area contributed by atoms with E-state index in [0.29, 0.717) is 12.2 Å². The number of carbonyl (C=O) groups is 1. The Kier molecular flexibility index (Phi) is 3.57. The summed E-state index contributed by atoms with van der Waals surface area (Å²) in [6, 6.07) is 5.13. The summed E-state index contributed by atoms with van der Waals surface area (Å²) >= 11 is 0. The summed E-state index contributed by atoms with van der Waals surface area (Å²) < 4.78 is 5.47. The standard InChI is InChI=1S/C14H19NO3/c1-9-4-5-11(8-13(9)16)14(17)15(3)12-6-7-18-10(12)2/h4-5,8,10,12,16H,6-7H2,1-3H3. The molecule has 0 radical (unpaired) electrons. The van der Waals surface area contributed by atoms with Crippen LogP contribution in [-0.4, -0.2) is 41.7 Å². The minimum atomic E-state index is -0.0762. The van der Waals surface area contributed by atoms with Gasteiger partial charge in [-0.25, -0.2) is 0 Å². The van der Waals surface area contributed by atoms with Gasteiger partial charge in [-0.3, -0.25) is 4.79 Å². The molecule has 1 heterocycles. The van der Waals surface area contributed by atoms with Crippen molar-refractivity contribution < 1.29 is 14.6 Å². The molecule has 1 aliphatic heterocycles. The largest absolute Gasteiger partial charge is 0.508 e. The van der Waals surface area contributed by atoms with Crippen molar-refractivity contribution in [1.29, 1.82) is 0 Å². The zero-order chi connectivity index (χ0) is 13.3. The molecule has 4 heteroatoms. The molecule has 0 spiro atoms. The number of amides is 1. The Bertz CT molecular complexity index is 458. The molecule has 1 amide bonds. The minimum Gasteiger partial charge on any atom is -0.508 e. The lowest BCUT2D eigenvalue weighted by Crippen LogP contribution is -2.40. The maximum Gasteiger partial charge on any atom is 0.254 e. The van der Waals surface area contributed by atoms with Crippen LogP contribution in [0.4, 0.5) is 0 Å². The number of ether oxygens (including phenoxy) is 1. The number of carbonyl (C=O) groups excluding carboxylic acids is 1. The van der Waals surface area contributed by atoms with Crippen LogP contribution in [-0.2, 0) is 4.74 Å². The molecule has 1 aromatic carbocycles. The second-order valence-corrected chi connectivity index (χ2v) is 4.85. The van der Waals surface area contributed by atoms with Gasteiger partial charge in [0, 0.05) is 19.2 Å². The monoisotopic (exact) mass is 249 g/mol. The summed E-state index contributed by atoms with van der Waals surface area (Å²) in [5.41, 5.74) is 1.28. The van der Waals surface area contributed by atoms with Gasteiger partial charge in [-0.2, -0.15) is 0 Å². The lowest BCUT2D eigenvalue weighted by molar-refractivity contribution is 0.0574. The first-order valence-electron chi connectivity index (χ1n) is 6.19. The van der Waals surface area contributed by atoms with Crippen molar-refractivity contribution in [1.82, 2.24) is 4.90 Å². The van der Waals surface area contributed by atoms with Crippen molar-refractivity contribution in [2.75, 3.05) is 13.7 Å². The number of phenols is 1. The van der Waals surface area contributed by atoms with Crippen LogP contribution in [0.25, 0.3) is 0 Å². The fraction of sp³-hybridized carbons (Fsp3) is 0.500. The van der Waals surface area contributed by atoms with Crippen LogP contribution in [0.5, 0.6) is 5.75 Å². The first-order chi connectivity index (χ1) is 8.50. The Labute approximate surface area is 107 Å². The fourth-order valence-corrected chi connectivity index (χ4v) is 2.33. The van der Waals surface area contributed by atoms with Crippen molar-refractivity contribution in [3.8, 4) is 5.75 Å². The SMILES string of the molecule is Cc1ccc(C(=O)N(C)C2CCOC2C)cc1O. The smallest absolute Gasteiger partial charge is 0.254 e. The number of likely N-dealkylation sites (N-methyl/N-ethyl adjacent to an activating group) is 1. The highest BCUT2D eigenvalue weighted by Gasteiger charge is 2.31. The molecule has 2 rings (SSSR count). The van der Waals surface area contributed by atoms with E-state index < -0.39 is 0 Å². The zero-order valence-electron chi connectivity index (χ0n) is 11.0. The van der Waals surface area contributed by atoms with Gasteiger partial charge in [-0.15, -0.1) is 0 Å². The van der Waals surface area contributed by atoms with E-state index in [1.54, 1.807) is 31.0 Å². The molecule has 1 N–H and O–H groups in total. The minimum absolute atomic E-state index is 0.0676. The van der Waals surface area contributed by atoms with Crippen molar-refractivity contribution in [2.45, 2.75) is 32.4 Å². The summed E-state index contributed by atoms with van der Waals surface area (Å²) in [5, 5.41) is 9.65. The summed E-state index contributed by atoms with van der Waals surface area (Å²) in [4.78, 5) is 14.0. The highest BCUT2D eigenvalue weighted by Crippen LogP contribution is 2.22. The van der Waals surface area contributed by atoms with E-state index >= 15 is 0 Å². The third-order valence-corrected chi connectivity index (χ3v) is 3.61. The Balaban J connectivity index is 2.17. The molecular weight excluding hydrogens is 230 g/mol. The van der Waals surface area contributed by atoms with E-state index in [0.717, 1.165) is 12.0 Å². The van der Waals surface area contributed by atoms with Gasteiger partial charge in [0.05, 0.1) is 12.1 Å². The number of aromatic hydroxyl groups is 1. The average Bonchev–Trinajstić information content (AvgIpc) is 2.77. The lowest BCUT2D eigenvalue weighted by atomic mass is 10.1. The predicted octanol–water partition coefficient (Wildman–Crippen LogP) is 1.95. The number of benzene rings is 1. The second-order valence-electron chi connectivity index (χ2n) is 4.85. The van der Waals surface area contributed by atoms with Crippen LogP contribution in [0.2, 0.25) is 0 Å². The van der Waals surface area contributed by atoms with Crippen LogP contribution >= 0.6 is 0 Å². The lowest BCUT2D eigenvalue weighted by Gasteiger charge is -2.26. The predicted molar refractivity (Wildman–Crippen MR) is 68.8 cm³/mol. The van der Waals surface area contributed by atoms with E-state index in [-0.39, 0.29) is 23.8 Å². The molecule has 0 aromatic heterocycles.